The van der Waals surface area contributed by atoms with Crippen LogP contribution in [0.3, 0.4) is 0 Å². The molecule has 2 N–H and O–H groups in total. The lowest BCUT2D eigenvalue weighted by atomic mass is 10.0. The SMILES string of the molecule is CCn1c(C2CCCC2)c(N)c(=O)n1-c1cccc(F)c1. The van der Waals surface area contributed by atoms with Gasteiger partial charge in [0, 0.05) is 12.5 Å². The Morgan fingerprint density at radius 2 is 2.05 bits per heavy atom. The van der Waals surface area contributed by atoms with Gasteiger partial charge in [0.05, 0.1) is 11.4 Å². The predicted octanol–water partition coefficient (Wildman–Crippen LogP) is 3.04. The van der Waals surface area contributed by atoms with Gasteiger partial charge in [0.15, 0.2) is 0 Å². The fourth-order valence-electron chi connectivity index (χ4n) is 3.39. The summed E-state index contributed by atoms with van der Waals surface area (Å²) in [5, 5.41) is 0. The van der Waals surface area contributed by atoms with E-state index in [9.17, 15) is 9.18 Å². The molecule has 0 radical (unpaired) electrons. The minimum atomic E-state index is -0.357. The molecule has 0 unspecified atom stereocenters. The number of rotatable bonds is 3. The number of benzene rings is 1. The molecule has 0 atom stereocenters. The van der Waals surface area contributed by atoms with Crippen LogP contribution in [0.2, 0.25) is 0 Å². The molecule has 0 bridgehead atoms. The number of hydrogen-bond donors (Lipinski definition) is 1. The maximum absolute atomic E-state index is 13.5. The van der Waals surface area contributed by atoms with Crippen molar-refractivity contribution in [3.8, 4) is 5.69 Å². The monoisotopic (exact) mass is 289 g/mol. The van der Waals surface area contributed by atoms with Crippen molar-refractivity contribution in [3.05, 3.63) is 46.1 Å². The van der Waals surface area contributed by atoms with Gasteiger partial charge in [0.25, 0.3) is 5.56 Å². The first-order chi connectivity index (χ1) is 10.1. The molecular weight excluding hydrogens is 269 g/mol. The van der Waals surface area contributed by atoms with E-state index in [0.29, 0.717) is 23.8 Å². The van der Waals surface area contributed by atoms with Gasteiger partial charge in [-0.3, -0.25) is 9.48 Å². The van der Waals surface area contributed by atoms with Crippen molar-refractivity contribution in [1.82, 2.24) is 9.36 Å². The van der Waals surface area contributed by atoms with Crippen molar-refractivity contribution in [2.24, 2.45) is 0 Å². The summed E-state index contributed by atoms with van der Waals surface area (Å²) in [5.74, 6) is -0.0169. The van der Waals surface area contributed by atoms with Crippen molar-refractivity contribution >= 4 is 5.69 Å². The Morgan fingerprint density at radius 3 is 2.67 bits per heavy atom. The Morgan fingerprint density at radius 1 is 1.33 bits per heavy atom. The quantitative estimate of drug-likeness (QED) is 0.944. The van der Waals surface area contributed by atoms with Crippen molar-refractivity contribution in [2.75, 3.05) is 5.73 Å². The fraction of sp³-hybridized carbons (Fsp3) is 0.438. The lowest BCUT2D eigenvalue weighted by Crippen LogP contribution is -2.22. The fourth-order valence-corrected chi connectivity index (χ4v) is 3.39. The summed E-state index contributed by atoms with van der Waals surface area (Å²) in [6.07, 6.45) is 4.48. The maximum atomic E-state index is 13.5. The highest BCUT2D eigenvalue weighted by Crippen LogP contribution is 2.36. The molecule has 1 fully saturated rings. The first kappa shape index (κ1) is 13.9. The molecule has 5 heteroatoms. The van der Waals surface area contributed by atoms with Crippen LogP contribution in [0.5, 0.6) is 0 Å². The number of nitrogens with two attached hydrogens (primary N) is 1. The lowest BCUT2D eigenvalue weighted by Gasteiger charge is -2.16. The van der Waals surface area contributed by atoms with Gasteiger partial charge in [-0.05, 0) is 38.0 Å². The number of halogens is 1. The van der Waals surface area contributed by atoms with Crippen molar-refractivity contribution < 1.29 is 4.39 Å². The molecule has 0 aliphatic heterocycles. The number of hydrogen-bond acceptors (Lipinski definition) is 2. The van der Waals surface area contributed by atoms with E-state index in [0.717, 1.165) is 18.5 Å². The first-order valence-electron chi connectivity index (χ1n) is 7.50. The number of nitrogens with zero attached hydrogens (tertiary/aromatic N) is 2. The average Bonchev–Trinajstić information content (AvgIpc) is 3.06. The van der Waals surface area contributed by atoms with E-state index in [1.165, 1.54) is 29.7 Å². The van der Waals surface area contributed by atoms with Crippen LogP contribution in [0.25, 0.3) is 5.69 Å². The van der Waals surface area contributed by atoms with Crippen LogP contribution in [0.4, 0.5) is 10.1 Å². The van der Waals surface area contributed by atoms with E-state index in [1.807, 2.05) is 11.6 Å². The maximum Gasteiger partial charge on any atom is 0.294 e. The molecule has 0 amide bonds. The Labute approximate surface area is 123 Å². The topological polar surface area (TPSA) is 52.9 Å². The van der Waals surface area contributed by atoms with Crippen LogP contribution < -0.4 is 11.3 Å². The second-order valence-electron chi connectivity index (χ2n) is 5.59. The van der Waals surface area contributed by atoms with E-state index in [1.54, 1.807) is 12.1 Å². The number of aromatic nitrogens is 2. The summed E-state index contributed by atoms with van der Waals surface area (Å²) < 4.78 is 16.9. The second kappa shape index (κ2) is 5.39. The van der Waals surface area contributed by atoms with Gasteiger partial charge in [-0.2, -0.15) is 0 Å². The molecule has 4 nitrogen and oxygen atoms in total. The highest BCUT2D eigenvalue weighted by atomic mass is 19.1. The average molecular weight is 289 g/mol. The molecule has 3 rings (SSSR count). The highest BCUT2D eigenvalue weighted by Gasteiger charge is 2.27. The van der Waals surface area contributed by atoms with Crippen LogP contribution in [-0.2, 0) is 6.54 Å². The van der Waals surface area contributed by atoms with Crippen LogP contribution in [0.1, 0.15) is 44.2 Å². The normalized spacial score (nSPS) is 15.7. The zero-order valence-electron chi connectivity index (χ0n) is 12.2. The Kier molecular flexibility index (Phi) is 3.57. The van der Waals surface area contributed by atoms with E-state index >= 15 is 0 Å². The Balaban J connectivity index is 2.21. The van der Waals surface area contributed by atoms with Crippen LogP contribution in [0.15, 0.2) is 29.1 Å². The molecular formula is C16H20FN3O. The van der Waals surface area contributed by atoms with Gasteiger partial charge in [-0.15, -0.1) is 0 Å². The molecule has 1 aliphatic rings. The van der Waals surface area contributed by atoms with E-state index in [-0.39, 0.29) is 11.4 Å². The molecule has 0 saturated heterocycles. The van der Waals surface area contributed by atoms with Crippen molar-refractivity contribution in [3.63, 3.8) is 0 Å². The highest BCUT2D eigenvalue weighted by molar-refractivity contribution is 5.47. The summed E-state index contributed by atoms with van der Waals surface area (Å²) in [7, 11) is 0. The lowest BCUT2D eigenvalue weighted by molar-refractivity contribution is 0.516. The van der Waals surface area contributed by atoms with Crippen molar-refractivity contribution in [2.45, 2.75) is 45.1 Å². The summed E-state index contributed by atoms with van der Waals surface area (Å²) in [5.41, 5.74) is 7.60. The van der Waals surface area contributed by atoms with Gasteiger partial charge in [0.1, 0.15) is 11.5 Å². The molecule has 1 aliphatic carbocycles. The van der Waals surface area contributed by atoms with Crippen LogP contribution in [-0.4, -0.2) is 9.36 Å². The second-order valence-corrected chi connectivity index (χ2v) is 5.59. The summed E-state index contributed by atoms with van der Waals surface area (Å²) in [4.78, 5) is 12.5. The zero-order valence-corrected chi connectivity index (χ0v) is 12.2. The van der Waals surface area contributed by atoms with Gasteiger partial charge < -0.3 is 5.73 Å². The standard InChI is InChI=1S/C16H20FN3O/c1-2-19-15(11-6-3-4-7-11)14(18)16(21)20(19)13-9-5-8-12(17)10-13/h5,8-11H,2-4,6-7,18H2,1H3. The Hall–Kier alpha value is -2.04. The Bertz CT molecular complexity index is 711. The third-order valence-corrected chi connectivity index (χ3v) is 4.31. The minimum absolute atomic E-state index is 0.246. The largest absolute Gasteiger partial charge is 0.393 e. The van der Waals surface area contributed by atoms with Gasteiger partial charge in [-0.25, -0.2) is 9.07 Å². The predicted molar refractivity (Wildman–Crippen MR) is 81.3 cm³/mol. The van der Waals surface area contributed by atoms with Crippen LogP contribution >= 0.6 is 0 Å². The molecule has 112 valence electrons. The van der Waals surface area contributed by atoms with Gasteiger partial charge in [0.2, 0.25) is 0 Å². The molecule has 1 aromatic heterocycles. The first-order valence-corrected chi connectivity index (χ1v) is 7.50. The van der Waals surface area contributed by atoms with E-state index in [2.05, 4.69) is 0 Å². The molecule has 1 saturated carbocycles. The van der Waals surface area contributed by atoms with E-state index < -0.39 is 0 Å². The molecule has 1 aromatic carbocycles. The molecule has 1 heterocycles. The molecule has 21 heavy (non-hydrogen) atoms. The smallest absolute Gasteiger partial charge is 0.294 e. The molecule has 2 aromatic rings. The van der Waals surface area contributed by atoms with Crippen LogP contribution in [0, 0.1) is 5.82 Å². The van der Waals surface area contributed by atoms with Gasteiger partial charge >= 0.3 is 0 Å². The minimum Gasteiger partial charge on any atom is -0.393 e. The number of nitrogen functional groups attached to an aromatic ring is 1. The summed E-state index contributed by atoms with van der Waals surface area (Å²) >= 11 is 0. The van der Waals surface area contributed by atoms with Crippen molar-refractivity contribution in [1.29, 1.82) is 0 Å². The third kappa shape index (κ3) is 2.26. The number of anilines is 1. The molecule has 0 spiro atoms. The third-order valence-electron chi connectivity index (χ3n) is 4.31. The summed E-state index contributed by atoms with van der Waals surface area (Å²) in [6.45, 7) is 2.61. The van der Waals surface area contributed by atoms with E-state index in [4.69, 9.17) is 5.73 Å². The summed E-state index contributed by atoms with van der Waals surface area (Å²) in [6, 6.07) is 6.07. The van der Waals surface area contributed by atoms with Gasteiger partial charge in [-0.1, -0.05) is 18.9 Å². The zero-order chi connectivity index (χ0) is 15.0.